The molecule has 1 heterocycles. The van der Waals surface area contributed by atoms with Gasteiger partial charge >= 0.3 is 6.03 Å². The monoisotopic (exact) mass is 454 g/mol. The first-order chi connectivity index (χ1) is 12.6. The number of halogens is 2. The minimum atomic E-state index is -4.07. The number of hydrogen-bond donors (Lipinski definition) is 1. The highest BCUT2D eigenvalue weighted by Crippen LogP contribution is 2.35. The third kappa shape index (κ3) is 5.69. The second-order valence-corrected chi connectivity index (χ2v) is 9.21. The number of piperidine rings is 1. The number of carbonyl (C=O) groups is 1. The lowest BCUT2D eigenvalue weighted by molar-refractivity contribution is -0.387. The van der Waals surface area contributed by atoms with Crippen LogP contribution in [0.25, 0.3) is 0 Å². The fourth-order valence-electron chi connectivity index (χ4n) is 2.96. The molecule has 1 N–H and O–H groups in total. The molecule has 0 spiro atoms. The number of carbonyl (C=O) groups excluding carboxylic acids is 1. The first kappa shape index (κ1) is 24.4. The molecule has 0 aromatic heterocycles. The zero-order valence-corrected chi connectivity index (χ0v) is 18.0. The van der Waals surface area contributed by atoms with Crippen molar-refractivity contribution in [3.05, 3.63) is 33.3 Å². The zero-order chi connectivity index (χ0) is 20.2. The average molecular weight is 455 g/mol. The van der Waals surface area contributed by atoms with Crippen LogP contribution in [0.15, 0.2) is 23.1 Å². The van der Waals surface area contributed by atoms with Gasteiger partial charge in [-0.05, 0) is 33.0 Å². The van der Waals surface area contributed by atoms with Crippen LogP contribution in [0, 0.1) is 10.1 Å². The Morgan fingerprint density at radius 1 is 1.43 bits per heavy atom. The fraction of sp³-hybridized carbons (Fsp3) is 0.562. The molecule has 12 heteroatoms. The maximum atomic E-state index is 13.1. The van der Waals surface area contributed by atoms with E-state index >= 15 is 0 Å². The van der Waals surface area contributed by atoms with Crippen LogP contribution in [0.4, 0.5) is 10.5 Å². The Kier molecular flexibility index (Phi) is 8.93. The molecular weight excluding hydrogens is 431 g/mol. The molecule has 1 aromatic carbocycles. The molecule has 158 valence electrons. The van der Waals surface area contributed by atoms with E-state index < -0.39 is 30.6 Å². The topological polar surface area (TPSA) is 113 Å². The van der Waals surface area contributed by atoms with Gasteiger partial charge in [0.2, 0.25) is 0 Å². The standard InChI is InChI=1S/C16H23ClN4O5S.ClH/c1-19(2)10-8-18-16(22)20-9-4-5-12(11-20)27(25,26)15-13(17)6-3-7-14(15)21(23)24;/h3,6-7,12H,4-5,8-11H2,1-2H3,(H,18,22);1H. The number of urea groups is 1. The van der Waals surface area contributed by atoms with Crippen LogP contribution in [-0.2, 0) is 9.84 Å². The van der Waals surface area contributed by atoms with Gasteiger partial charge in [0, 0.05) is 32.2 Å². The van der Waals surface area contributed by atoms with E-state index in [1.54, 1.807) is 0 Å². The summed E-state index contributed by atoms with van der Waals surface area (Å²) < 4.78 is 26.1. The van der Waals surface area contributed by atoms with Gasteiger partial charge in [-0.3, -0.25) is 10.1 Å². The Bertz CT molecular complexity index is 819. The molecule has 28 heavy (non-hydrogen) atoms. The van der Waals surface area contributed by atoms with E-state index in [-0.39, 0.29) is 30.0 Å². The Balaban J connectivity index is 0.00000392. The highest BCUT2D eigenvalue weighted by atomic mass is 35.5. The summed E-state index contributed by atoms with van der Waals surface area (Å²) in [6.45, 7) is 1.51. The summed E-state index contributed by atoms with van der Waals surface area (Å²) in [5, 5.41) is 12.9. The lowest BCUT2D eigenvalue weighted by Gasteiger charge is -2.32. The van der Waals surface area contributed by atoms with Gasteiger partial charge in [-0.25, -0.2) is 13.2 Å². The van der Waals surface area contributed by atoms with E-state index in [1.165, 1.54) is 17.0 Å². The van der Waals surface area contributed by atoms with E-state index in [2.05, 4.69) is 5.32 Å². The van der Waals surface area contributed by atoms with Gasteiger partial charge in [0.1, 0.15) is 0 Å². The van der Waals surface area contributed by atoms with Gasteiger partial charge in [-0.15, -0.1) is 12.4 Å². The molecule has 0 bridgehead atoms. The summed E-state index contributed by atoms with van der Waals surface area (Å²) >= 11 is 5.99. The van der Waals surface area contributed by atoms with Crippen molar-refractivity contribution in [2.24, 2.45) is 0 Å². The predicted octanol–water partition coefficient (Wildman–Crippen LogP) is 2.18. The number of rotatable bonds is 6. The van der Waals surface area contributed by atoms with E-state index in [4.69, 9.17) is 11.6 Å². The van der Waals surface area contributed by atoms with Crippen LogP contribution in [0.2, 0.25) is 5.02 Å². The quantitative estimate of drug-likeness (QED) is 0.520. The molecule has 1 saturated heterocycles. The molecule has 1 aliphatic rings. The summed E-state index contributed by atoms with van der Waals surface area (Å²) in [4.78, 5) is 25.7. The Labute approximate surface area is 175 Å². The van der Waals surface area contributed by atoms with E-state index in [0.29, 0.717) is 32.5 Å². The number of sulfone groups is 1. The highest BCUT2D eigenvalue weighted by molar-refractivity contribution is 7.92. The lowest BCUT2D eigenvalue weighted by atomic mass is 10.1. The summed E-state index contributed by atoms with van der Waals surface area (Å²) in [7, 11) is -0.310. The molecule has 1 aromatic rings. The molecule has 1 aliphatic heterocycles. The SMILES string of the molecule is CN(C)CCNC(=O)N1CCCC(S(=O)(=O)c2c(Cl)cccc2[N+](=O)[O-])C1.Cl. The molecular formula is C16H24Cl2N4O5S. The van der Waals surface area contributed by atoms with Crippen molar-refractivity contribution >= 4 is 45.6 Å². The van der Waals surface area contributed by atoms with E-state index in [9.17, 15) is 23.3 Å². The minimum Gasteiger partial charge on any atom is -0.337 e. The highest BCUT2D eigenvalue weighted by Gasteiger charge is 2.39. The largest absolute Gasteiger partial charge is 0.337 e. The van der Waals surface area contributed by atoms with Gasteiger partial charge in [0.15, 0.2) is 14.7 Å². The molecule has 0 saturated carbocycles. The van der Waals surface area contributed by atoms with Gasteiger partial charge < -0.3 is 15.1 Å². The average Bonchev–Trinajstić information content (AvgIpc) is 2.60. The van der Waals surface area contributed by atoms with E-state index in [1.807, 2.05) is 19.0 Å². The van der Waals surface area contributed by atoms with Crippen LogP contribution >= 0.6 is 24.0 Å². The lowest BCUT2D eigenvalue weighted by Crippen LogP contribution is -2.50. The molecule has 2 rings (SSSR count). The number of likely N-dealkylation sites (N-methyl/N-ethyl adjacent to an activating group) is 1. The molecule has 2 amide bonds. The smallest absolute Gasteiger partial charge is 0.317 e. The second-order valence-electron chi connectivity index (χ2n) is 6.64. The van der Waals surface area contributed by atoms with Crippen molar-refractivity contribution in [1.29, 1.82) is 0 Å². The molecule has 1 atom stereocenters. The maximum Gasteiger partial charge on any atom is 0.317 e. The number of hydrogen-bond acceptors (Lipinski definition) is 6. The number of benzene rings is 1. The number of likely N-dealkylation sites (tertiary alicyclic amines) is 1. The van der Waals surface area contributed by atoms with Crippen molar-refractivity contribution in [1.82, 2.24) is 15.1 Å². The molecule has 1 fully saturated rings. The number of amides is 2. The number of nitrogens with zero attached hydrogens (tertiary/aromatic N) is 3. The number of nitro benzene ring substituents is 1. The van der Waals surface area contributed by atoms with Gasteiger partial charge in [0.05, 0.1) is 15.2 Å². The number of nitro groups is 1. The van der Waals surface area contributed by atoms with E-state index in [0.717, 1.165) is 6.07 Å². The Morgan fingerprint density at radius 2 is 2.11 bits per heavy atom. The van der Waals surface area contributed by atoms with Crippen molar-refractivity contribution in [3.63, 3.8) is 0 Å². The Morgan fingerprint density at radius 3 is 2.71 bits per heavy atom. The van der Waals surface area contributed by atoms with Crippen molar-refractivity contribution in [2.75, 3.05) is 40.3 Å². The van der Waals surface area contributed by atoms with Gasteiger partial charge in [0.25, 0.3) is 5.69 Å². The zero-order valence-electron chi connectivity index (χ0n) is 15.6. The first-order valence-electron chi connectivity index (χ1n) is 8.49. The van der Waals surface area contributed by atoms with Crippen LogP contribution in [-0.4, -0.2) is 74.7 Å². The van der Waals surface area contributed by atoms with Gasteiger partial charge in [-0.1, -0.05) is 17.7 Å². The fourth-order valence-corrected chi connectivity index (χ4v) is 5.42. The maximum absolute atomic E-state index is 13.1. The van der Waals surface area contributed by atoms with Crippen LogP contribution < -0.4 is 5.32 Å². The molecule has 9 nitrogen and oxygen atoms in total. The summed E-state index contributed by atoms with van der Waals surface area (Å²) in [5.41, 5.74) is -0.546. The van der Waals surface area contributed by atoms with Crippen molar-refractivity contribution < 1.29 is 18.1 Å². The summed E-state index contributed by atoms with van der Waals surface area (Å²) in [6.07, 6.45) is 0.801. The normalized spacial score (nSPS) is 17.1. The second kappa shape index (κ2) is 10.2. The summed E-state index contributed by atoms with van der Waals surface area (Å²) in [6, 6.07) is 3.43. The molecule has 1 unspecified atom stereocenters. The molecule has 0 radical (unpaired) electrons. The van der Waals surface area contributed by atoms with Crippen molar-refractivity contribution in [2.45, 2.75) is 23.0 Å². The van der Waals surface area contributed by atoms with Crippen LogP contribution in [0.3, 0.4) is 0 Å². The third-order valence-corrected chi connectivity index (χ3v) is 7.05. The predicted molar refractivity (Wildman–Crippen MR) is 109 cm³/mol. The van der Waals surface area contributed by atoms with Crippen LogP contribution in [0.1, 0.15) is 12.8 Å². The van der Waals surface area contributed by atoms with Crippen LogP contribution in [0.5, 0.6) is 0 Å². The Hall–Kier alpha value is -1.62. The first-order valence-corrected chi connectivity index (χ1v) is 10.4. The third-order valence-electron chi connectivity index (χ3n) is 4.37. The number of nitrogens with one attached hydrogen (secondary N) is 1. The van der Waals surface area contributed by atoms with Gasteiger partial charge in [-0.2, -0.15) is 0 Å². The van der Waals surface area contributed by atoms with Crippen molar-refractivity contribution in [3.8, 4) is 0 Å². The molecule has 0 aliphatic carbocycles. The summed E-state index contributed by atoms with van der Waals surface area (Å²) in [5.74, 6) is 0. The minimum absolute atomic E-state index is 0.